The molecule has 0 aliphatic carbocycles. The van der Waals surface area contributed by atoms with Crippen LogP contribution in [0.3, 0.4) is 0 Å². The molecule has 26 heavy (non-hydrogen) atoms. The van der Waals surface area contributed by atoms with E-state index >= 15 is 0 Å². The van der Waals surface area contributed by atoms with Gasteiger partial charge in [-0.25, -0.2) is 9.97 Å². The Labute approximate surface area is 157 Å². The summed E-state index contributed by atoms with van der Waals surface area (Å²) in [4.78, 5) is 32.3. The standard InChI is InChI=1S/C19H22N4O2S/c1-12(2)9-17(24)22-23-18(25)16-7-5-15(6-8-16)11-26-19-20-13(3)10-14(4)21-19/h5-10H,11H2,1-4H3,(H,22,24)(H,23,25). The first-order valence-electron chi connectivity index (χ1n) is 8.13. The van der Waals surface area contributed by atoms with Gasteiger partial charge in [0.1, 0.15) is 0 Å². The zero-order valence-corrected chi connectivity index (χ0v) is 16.1. The maximum Gasteiger partial charge on any atom is 0.269 e. The van der Waals surface area contributed by atoms with Gasteiger partial charge in [-0.2, -0.15) is 0 Å². The fraction of sp³-hybridized carbons (Fsp3) is 0.263. The van der Waals surface area contributed by atoms with E-state index in [4.69, 9.17) is 0 Å². The van der Waals surface area contributed by atoms with Crippen LogP contribution in [0.25, 0.3) is 0 Å². The van der Waals surface area contributed by atoms with E-state index in [2.05, 4.69) is 20.8 Å². The minimum absolute atomic E-state index is 0.361. The third-order valence-electron chi connectivity index (χ3n) is 3.26. The van der Waals surface area contributed by atoms with Gasteiger partial charge in [-0.1, -0.05) is 29.5 Å². The topological polar surface area (TPSA) is 84.0 Å². The number of thioether (sulfide) groups is 1. The number of carbonyl (C=O) groups is 2. The highest BCUT2D eigenvalue weighted by Crippen LogP contribution is 2.20. The van der Waals surface area contributed by atoms with Crippen molar-refractivity contribution in [2.24, 2.45) is 0 Å². The molecule has 2 rings (SSSR count). The molecule has 1 aromatic heterocycles. The zero-order chi connectivity index (χ0) is 19.1. The molecule has 6 nitrogen and oxygen atoms in total. The second kappa shape index (κ2) is 9.15. The number of amides is 2. The van der Waals surface area contributed by atoms with Crippen molar-refractivity contribution in [1.29, 1.82) is 0 Å². The van der Waals surface area contributed by atoms with Gasteiger partial charge >= 0.3 is 0 Å². The van der Waals surface area contributed by atoms with Crippen LogP contribution in [0.1, 0.15) is 41.2 Å². The van der Waals surface area contributed by atoms with Crippen LogP contribution in [0.15, 0.2) is 47.1 Å². The molecule has 1 heterocycles. The monoisotopic (exact) mass is 370 g/mol. The number of hydrogen-bond acceptors (Lipinski definition) is 5. The molecule has 0 atom stereocenters. The fourth-order valence-corrected chi connectivity index (χ4v) is 3.05. The Balaban J connectivity index is 1.90. The highest BCUT2D eigenvalue weighted by molar-refractivity contribution is 7.98. The van der Waals surface area contributed by atoms with E-state index in [1.54, 1.807) is 37.7 Å². The first-order valence-corrected chi connectivity index (χ1v) is 9.11. The Morgan fingerprint density at radius 2 is 1.65 bits per heavy atom. The van der Waals surface area contributed by atoms with Crippen LogP contribution < -0.4 is 10.9 Å². The van der Waals surface area contributed by atoms with Gasteiger partial charge in [-0.05, 0) is 51.5 Å². The third kappa shape index (κ3) is 6.33. The summed E-state index contributed by atoms with van der Waals surface area (Å²) in [7, 11) is 0. The van der Waals surface area contributed by atoms with Crippen molar-refractivity contribution in [2.45, 2.75) is 38.6 Å². The number of nitrogens with one attached hydrogen (secondary N) is 2. The van der Waals surface area contributed by atoms with Crippen molar-refractivity contribution < 1.29 is 9.59 Å². The van der Waals surface area contributed by atoms with Crippen molar-refractivity contribution >= 4 is 23.6 Å². The summed E-state index contributed by atoms with van der Waals surface area (Å²) in [5.74, 6) is -0.0144. The van der Waals surface area contributed by atoms with Crippen molar-refractivity contribution in [3.63, 3.8) is 0 Å². The molecule has 0 bridgehead atoms. The van der Waals surface area contributed by atoms with Crippen molar-refractivity contribution in [1.82, 2.24) is 20.8 Å². The molecule has 1 aromatic carbocycles. The van der Waals surface area contributed by atoms with Gasteiger partial charge in [0.25, 0.3) is 11.8 Å². The van der Waals surface area contributed by atoms with Crippen LogP contribution in [-0.2, 0) is 10.5 Å². The Morgan fingerprint density at radius 1 is 1.04 bits per heavy atom. The Hall–Kier alpha value is -2.67. The van der Waals surface area contributed by atoms with Crippen LogP contribution in [-0.4, -0.2) is 21.8 Å². The number of aromatic nitrogens is 2. The normalized spacial score (nSPS) is 10.2. The highest BCUT2D eigenvalue weighted by atomic mass is 32.2. The van der Waals surface area contributed by atoms with E-state index in [0.29, 0.717) is 11.3 Å². The molecule has 0 aliphatic rings. The summed E-state index contributed by atoms with van der Waals surface area (Å²) in [6.07, 6.45) is 1.41. The lowest BCUT2D eigenvalue weighted by Gasteiger charge is -2.07. The molecule has 7 heteroatoms. The van der Waals surface area contributed by atoms with Gasteiger partial charge in [0.05, 0.1) is 0 Å². The molecule has 0 saturated carbocycles. The molecule has 0 spiro atoms. The SMILES string of the molecule is CC(C)=CC(=O)NNC(=O)c1ccc(CSc2nc(C)cc(C)n2)cc1. The molecule has 0 unspecified atom stereocenters. The van der Waals surface area contributed by atoms with E-state index < -0.39 is 0 Å². The number of carbonyl (C=O) groups excluding carboxylic acids is 2. The van der Waals surface area contributed by atoms with E-state index in [9.17, 15) is 9.59 Å². The molecular formula is C19H22N4O2S. The van der Waals surface area contributed by atoms with E-state index in [-0.39, 0.29) is 11.8 Å². The lowest BCUT2D eigenvalue weighted by Crippen LogP contribution is -2.40. The minimum atomic E-state index is -0.364. The molecule has 136 valence electrons. The summed E-state index contributed by atoms with van der Waals surface area (Å²) in [5, 5.41) is 0.742. The van der Waals surface area contributed by atoms with Crippen molar-refractivity contribution in [2.75, 3.05) is 0 Å². The van der Waals surface area contributed by atoms with Gasteiger partial charge in [0.2, 0.25) is 0 Å². The summed E-state index contributed by atoms with van der Waals surface area (Å²) in [6.45, 7) is 7.51. The van der Waals surface area contributed by atoms with E-state index in [0.717, 1.165) is 27.7 Å². The predicted octanol–water partition coefficient (Wildman–Crippen LogP) is 3.11. The Kier molecular flexibility index (Phi) is 6.91. The van der Waals surface area contributed by atoms with Crippen LogP contribution in [0.2, 0.25) is 0 Å². The Morgan fingerprint density at radius 3 is 2.23 bits per heavy atom. The largest absolute Gasteiger partial charge is 0.269 e. The lowest BCUT2D eigenvalue weighted by molar-refractivity contribution is -0.117. The lowest BCUT2D eigenvalue weighted by atomic mass is 10.1. The molecule has 0 saturated heterocycles. The van der Waals surface area contributed by atoms with E-state index in [1.807, 2.05) is 32.0 Å². The van der Waals surface area contributed by atoms with Crippen LogP contribution >= 0.6 is 11.8 Å². The summed E-state index contributed by atoms with van der Waals surface area (Å²) < 4.78 is 0. The highest BCUT2D eigenvalue weighted by Gasteiger charge is 2.07. The maximum absolute atomic E-state index is 12.0. The first kappa shape index (κ1) is 19.7. The van der Waals surface area contributed by atoms with E-state index in [1.165, 1.54) is 6.08 Å². The number of hydrazine groups is 1. The molecule has 2 aromatic rings. The maximum atomic E-state index is 12.0. The minimum Gasteiger partial charge on any atom is -0.268 e. The average Bonchev–Trinajstić information content (AvgIpc) is 2.57. The van der Waals surface area contributed by atoms with Gasteiger partial charge in [-0.15, -0.1) is 0 Å². The molecule has 0 radical (unpaired) electrons. The van der Waals surface area contributed by atoms with Gasteiger partial charge in [0.15, 0.2) is 5.16 Å². The average molecular weight is 370 g/mol. The van der Waals surface area contributed by atoms with Crippen LogP contribution in [0.5, 0.6) is 0 Å². The number of aryl methyl sites for hydroxylation is 2. The summed E-state index contributed by atoms with van der Waals surface area (Å²) in [6, 6.07) is 9.14. The second-order valence-electron chi connectivity index (χ2n) is 6.08. The third-order valence-corrected chi connectivity index (χ3v) is 4.18. The number of nitrogens with zero attached hydrogens (tertiary/aromatic N) is 2. The number of benzene rings is 1. The van der Waals surface area contributed by atoms with Crippen LogP contribution in [0, 0.1) is 13.8 Å². The predicted molar refractivity (Wildman–Crippen MR) is 103 cm³/mol. The van der Waals surface area contributed by atoms with Crippen molar-refractivity contribution in [3.05, 3.63) is 64.5 Å². The molecular weight excluding hydrogens is 348 g/mol. The molecule has 0 aliphatic heterocycles. The fourth-order valence-electron chi connectivity index (χ4n) is 2.15. The van der Waals surface area contributed by atoms with Gasteiger partial charge in [0, 0.05) is 28.8 Å². The van der Waals surface area contributed by atoms with Gasteiger partial charge in [-0.3, -0.25) is 20.4 Å². The smallest absolute Gasteiger partial charge is 0.268 e. The summed E-state index contributed by atoms with van der Waals surface area (Å²) in [5.41, 5.74) is 9.01. The molecule has 0 fully saturated rings. The quantitative estimate of drug-likeness (QED) is 0.366. The zero-order valence-electron chi connectivity index (χ0n) is 15.3. The first-order chi connectivity index (χ1) is 12.3. The van der Waals surface area contributed by atoms with Crippen LogP contribution in [0.4, 0.5) is 0 Å². The number of hydrogen-bond donors (Lipinski definition) is 2. The summed E-state index contributed by atoms with van der Waals surface area (Å²) >= 11 is 1.55. The number of allylic oxidation sites excluding steroid dienone is 1. The van der Waals surface area contributed by atoms with Crippen molar-refractivity contribution in [3.8, 4) is 0 Å². The number of rotatable bonds is 5. The molecule has 2 amide bonds. The Bertz CT molecular complexity index is 808. The van der Waals surface area contributed by atoms with Gasteiger partial charge < -0.3 is 0 Å². The second-order valence-corrected chi connectivity index (χ2v) is 7.03. The molecule has 2 N–H and O–H groups in total.